The predicted molar refractivity (Wildman–Crippen MR) is 81.9 cm³/mol. The molecule has 0 amide bonds. The van der Waals surface area contributed by atoms with Crippen molar-refractivity contribution in [1.82, 2.24) is 9.62 Å². The Labute approximate surface area is 119 Å². The summed E-state index contributed by atoms with van der Waals surface area (Å²) in [6.07, 6.45) is 0. The molecule has 0 atom stereocenters. The van der Waals surface area contributed by atoms with Crippen LogP contribution in [0.5, 0.6) is 0 Å². The smallest absolute Gasteiger partial charge is 0.212 e. The van der Waals surface area contributed by atoms with Gasteiger partial charge in [-0.15, -0.1) is 11.8 Å². The number of hydrogen-bond donors (Lipinski definition) is 2. The summed E-state index contributed by atoms with van der Waals surface area (Å²) in [7, 11) is 0.638. The van der Waals surface area contributed by atoms with Gasteiger partial charge in [0.15, 0.2) is 0 Å². The van der Waals surface area contributed by atoms with E-state index in [4.69, 9.17) is 5.73 Å². The van der Waals surface area contributed by atoms with Crippen LogP contribution in [0.4, 0.5) is 5.69 Å². The van der Waals surface area contributed by atoms with Crippen molar-refractivity contribution in [3.05, 3.63) is 24.3 Å². The van der Waals surface area contributed by atoms with Gasteiger partial charge in [-0.3, -0.25) is 0 Å². The van der Waals surface area contributed by atoms with Gasteiger partial charge in [0.25, 0.3) is 0 Å². The van der Waals surface area contributed by atoms with Crippen molar-refractivity contribution in [2.75, 3.05) is 44.4 Å². The molecular formula is C12H21N3O2S2. The number of likely N-dealkylation sites (N-methyl/N-ethyl adjacent to an activating group) is 1. The number of nitrogens with zero attached hydrogens (tertiary/aromatic N) is 1. The fraction of sp³-hybridized carbons (Fsp3) is 0.500. The maximum absolute atomic E-state index is 11.7. The van der Waals surface area contributed by atoms with Crippen LogP contribution in [0.3, 0.4) is 0 Å². The molecule has 0 saturated carbocycles. The van der Waals surface area contributed by atoms with Crippen LogP contribution < -0.4 is 10.5 Å². The Morgan fingerprint density at radius 1 is 1.26 bits per heavy atom. The van der Waals surface area contributed by atoms with E-state index in [9.17, 15) is 8.42 Å². The Hall–Kier alpha value is -0.760. The highest BCUT2D eigenvalue weighted by Gasteiger charge is 2.09. The molecule has 7 heteroatoms. The van der Waals surface area contributed by atoms with Crippen LogP contribution in [-0.2, 0) is 10.0 Å². The van der Waals surface area contributed by atoms with Gasteiger partial charge >= 0.3 is 0 Å². The van der Waals surface area contributed by atoms with Gasteiger partial charge in [-0.25, -0.2) is 13.1 Å². The predicted octanol–water partition coefficient (Wildman–Crippen LogP) is 0.842. The lowest BCUT2D eigenvalue weighted by Gasteiger charge is -2.10. The minimum atomic E-state index is -3.18. The van der Waals surface area contributed by atoms with Gasteiger partial charge in [-0.05, 0) is 38.4 Å². The fourth-order valence-electron chi connectivity index (χ4n) is 1.33. The first-order valence-electron chi connectivity index (χ1n) is 5.99. The summed E-state index contributed by atoms with van der Waals surface area (Å²) < 4.78 is 26.0. The Kier molecular flexibility index (Phi) is 6.64. The molecule has 3 N–H and O–H groups in total. The molecule has 0 aliphatic rings. The molecule has 1 rings (SSSR count). The minimum Gasteiger partial charge on any atom is -0.399 e. The molecule has 5 nitrogen and oxygen atoms in total. The maximum Gasteiger partial charge on any atom is 0.212 e. The molecule has 0 spiro atoms. The van der Waals surface area contributed by atoms with Crippen molar-refractivity contribution in [2.24, 2.45) is 0 Å². The highest BCUT2D eigenvalue weighted by Crippen LogP contribution is 2.19. The number of sulfonamides is 1. The van der Waals surface area contributed by atoms with Gasteiger partial charge in [-0.1, -0.05) is 0 Å². The SMILES string of the molecule is CN(C)CCNS(=O)(=O)CCSc1ccc(N)cc1. The first-order valence-corrected chi connectivity index (χ1v) is 8.63. The largest absolute Gasteiger partial charge is 0.399 e. The van der Waals surface area contributed by atoms with E-state index in [2.05, 4.69) is 4.72 Å². The zero-order valence-electron chi connectivity index (χ0n) is 11.3. The van der Waals surface area contributed by atoms with Crippen molar-refractivity contribution in [1.29, 1.82) is 0 Å². The molecule has 0 heterocycles. The van der Waals surface area contributed by atoms with E-state index >= 15 is 0 Å². The summed E-state index contributed by atoms with van der Waals surface area (Å²) >= 11 is 1.51. The number of anilines is 1. The third-order valence-corrected chi connectivity index (χ3v) is 5.04. The van der Waals surface area contributed by atoms with Gasteiger partial charge in [0, 0.05) is 29.4 Å². The second kappa shape index (κ2) is 7.74. The van der Waals surface area contributed by atoms with Crippen LogP contribution in [0, 0.1) is 0 Å². The number of nitrogens with two attached hydrogens (primary N) is 1. The normalized spacial score (nSPS) is 11.9. The van der Waals surface area contributed by atoms with Crippen LogP contribution in [-0.4, -0.2) is 52.0 Å². The summed E-state index contributed by atoms with van der Waals surface area (Å²) in [5.74, 6) is 0.649. The summed E-state index contributed by atoms with van der Waals surface area (Å²) in [6.45, 7) is 1.15. The monoisotopic (exact) mass is 303 g/mol. The van der Waals surface area contributed by atoms with Crippen LogP contribution >= 0.6 is 11.8 Å². The lowest BCUT2D eigenvalue weighted by Crippen LogP contribution is -2.33. The average molecular weight is 303 g/mol. The number of nitrogens with one attached hydrogen (secondary N) is 1. The summed E-state index contributed by atoms with van der Waals surface area (Å²) in [5, 5.41) is 0. The fourth-order valence-corrected chi connectivity index (χ4v) is 3.65. The number of benzene rings is 1. The molecule has 1 aromatic rings. The van der Waals surface area contributed by atoms with E-state index in [1.54, 1.807) is 0 Å². The molecule has 0 aliphatic carbocycles. The van der Waals surface area contributed by atoms with E-state index < -0.39 is 10.0 Å². The quantitative estimate of drug-likeness (QED) is 0.550. The molecule has 108 valence electrons. The van der Waals surface area contributed by atoms with Crippen LogP contribution in [0.2, 0.25) is 0 Å². The van der Waals surface area contributed by atoms with Crippen molar-refractivity contribution in [3.63, 3.8) is 0 Å². The maximum atomic E-state index is 11.7. The number of hydrogen-bond acceptors (Lipinski definition) is 5. The second-order valence-corrected chi connectivity index (χ2v) is 7.53. The summed E-state index contributed by atoms with van der Waals surface area (Å²) in [5.41, 5.74) is 6.30. The van der Waals surface area contributed by atoms with Gasteiger partial charge in [0.1, 0.15) is 0 Å². The van der Waals surface area contributed by atoms with Crippen molar-refractivity contribution < 1.29 is 8.42 Å². The number of thioether (sulfide) groups is 1. The molecule has 19 heavy (non-hydrogen) atoms. The van der Waals surface area contributed by atoms with E-state index in [0.29, 0.717) is 24.5 Å². The lowest BCUT2D eigenvalue weighted by atomic mass is 10.3. The van der Waals surface area contributed by atoms with Gasteiger partial charge < -0.3 is 10.6 Å². The lowest BCUT2D eigenvalue weighted by molar-refractivity contribution is 0.412. The van der Waals surface area contributed by atoms with Gasteiger partial charge in [0.05, 0.1) is 5.75 Å². The van der Waals surface area contributed by atoms with E-state index in [1.165, 1.54) is 11.8 Å². The molecule has 0 saturated heterocycles. The van der Waals surface area contributed by atoms with E-state index in [-0.39, 0.29) is 5.75 Å². The molecular weight excluding hydrogens is 282 g/mol. The topological polar surface area (TPSA) is 75.4 Å². The van der Waals surface area contributed by atoms with Crippen molar-refractivity contribution in [2.45, 2.75) is 4.90 Å². The Morgan fingerprint density at radius 3 is 2.47 bits per heavy atom. The molecule has 0 fully saturated rings. The highest BCUT2D eigenvalue weighted by molar-refractivity contribution is 8.00. The minimum absolute atomic E-state index is 0.121. The average Bonchev–Trinajstić information content (AvgIpc) is 2.30. The van der Waals surface area contributed by atoms with Gasteiger partial charge in [0.2, 0.25) is 10.0 Å². The summed E-state index contributed by atoms with van der Waals surface area (Å²) in [4.78, 5) is 2.96. The van der Waals surface area contributed by atoms with Gasteiger partial charge in [-0.2, -0.15) is 0 Å². The van der Waals surface area contributed by atoms with Crippen LogP contribution in [0.15, 0.2) is 29.2 Å². The van der Waals surface area contributed by atoms with Crippen molar-refractivity contribution in [3.8, 4) is 0 Å². The molecule has 0 bridgehead atoms. The zero-order chi connectivity index (χ0) is 14.3. The first kappa shape index (κ1) is 16.3. The second-order valence-electron chi connectivity index (χ2n) is 4.43. The third-order valence-electron chi connectivity index (χ3n) is 2.38. The zero-order valence-corrected chi connectivity index (χ0v) is 12.9. The van der Waals surface area contributed by atoms with Crippen LogP contribution in [0.25, 0.3) is 0 Å². The Morgan fingerprint density at radius 2 is 1.89 bits per heavy atom. The van der Waals surface area contributed by atoms with Crippen molar-refractivity contribution >= 4 is 27.5 Å². The third kappa shape index (κ3) is 7.41. The Balaban J connectivity index is 2.29. The Bertz CT molecular complexity index is 472. The molecule has 1 aromatic carbocycles. The summed E-state index contributed by atoms with van der Waals surface area (Å²) in [6, 6.07) is 7.41. The number of rotatable bonds is 8. The molecule has 0 aromatic heterocycles. The number of nitrogen functional groups attached to an aromatic ring is 1. The van der Waals surface area contributed by atoms with E-state index in [0.717, 1.165) is 4.90 Å². The highest BCUT2D eigenvalue weighted by atomic mass is 32.2. The molecule has 0 radical (unpaired) electrons. The van der Waals surface area contributed by atoms with E-state index in [1.807, 2.05) is 43.3 Å². The van der Waals surface area contributed by atoms with Crippen LogP contribution in [0.1, 0.15) is 0 Å². The standard InChI is InChI=1S/C12H21N3O2S2/c1-15(2)8-7-14-19(16,17)10-9-18-12-5-3-11(13)4-6-12/h3-6,14H,7-10,13H2,1-2H3. The molecule has 0 aliphatic heterocycles. The first-order chi connectivity index (χ1) is 8.89. The molecule has 0 unspecified atom stereocenters.